The molecule has 0 radical (unpaired) electrons. The van der Waals surface area contributed by atoms with Gasteiger partial charge < -0.3 is 52.0 Å². The molecule has 1 heterocycles. The van der Waals surface area contributed by atoms with Crippen LogP contribution in [0.4, 0.5) is 8.78 Å². The molecular formula is C46H60F2N6O12S. The van der Waals surface area contributed by atoms with E-state index in [4.69, 9.17) is 16.6 Å². The van der Waals surface area contributed by atoms with Gasteiger partial charge in [-0.25, -0.2) is 8.78 Å². The van der Waals surface area contributed by atoms with E-state index in [0.29, 0.717) is 17.8 Å². The fourth-order valence-corrected chi connectivity index (χ4v) is 8.40. The van der Waals surface area contributed by atoms with Crippen LogP contribution in [0.25, 0.3) is 11.1 Å². The van der Waals surface area contributed by atoms with Gasteiger partial charge in [0.25, 0.3) is 0 Å². The number of Topliss-reactive ketones (excluding diaryl/α,β-unsaturated/α-hetero) is 2. The molecular weight excluding hydrogens is 899 g/mol. The van der Waals surface area contributed by atoms with Crippen molar-refractivity contribution in [2.24, 2.45) is 16.9 Å². The Morgan fingerprint density at radius 1 is 0.836 bits per heavy atom. The Balaban J connectivity index is 1.67. The summed E-state index contributed by atoms with van der Waals surface area (Å²) in [5.41, 5.74) is 12.8. The summed E-state index contributed by atoms with van der Waals surface area (Å²) in [7, 11) is 0. The molecule has 3 aromatic rings. The summed E-state index contributed by atoms with van der Waals surface area (Å²) in [6.45, 7) is 4.86. The van der Waals surface area contributed by atoms with Crippen LogP contribution in [0.5, 0.6) is 0 Å². The predicted octanol–water partition coefficient (Wildman–Crippen LogP) is 3.26. The molecule has 366 valence electrons. The van der Waals surface area contributed by atoms with Crippen LogP contribution in [-0.2, 0) is 44.9 Å². The van der Waals surface area contributed by atoms with E-state index in [0.717, 1.165) is 35.5 Å². The molecule has 10 N–H and O–H groups in total. The van der Waals surface area contributed by atoms with E-state index in [1.807, 2.05) is 55.7 Å². The standard InChI is InChI=1S/C46H60F2N6O12S/c1-46(2,3)43(35-20-28(30-21-29(47)11-12-31(30)48)24-53(35)23-27-8-5-4-6-9-27)54(40(59)25-55)19-17-32(49)44(64)51-18-7-10-36(56)34(13-16-41(60)61)52-39(58)15-14-37(57)38(22-42(62)63)67-26-33(50)45(65)66/h4-6,8-9,11-12,20-21,24,32-34,38,43,55H,7,10,13-19,22-23,25-26,49-50H2,1-3H3,(H,51,64)(H,52,58)(H,60,61)(H,62,63)(H,65,66)/t32-,33-,34+,38+,43-/m0/s1. The van der Waals surface area contributed by atoms with Crippen molar-refractivity contribution in [1.82, 2.24) is 20.1 Å². The number of ketones is 2. The van der Waals surface area contributed by atoms with E-state index >= 15 is 4.39 Å². The Kier molecular flexibility index (Phi) is 21.7. The van der Waals surface area contributed by atoms with Crippen molar-refractivity contribution in [3.63, 3.8) is 0 Å². The molecule has 0 bridgehead atoms. The Bertz CT molecular complexity index is 2220. The van der Waals surface area contributed by atoms with Crippen LogP contribution < -0.4 is 22.1 Å². The topological polar surface area (TPSA) is 302 Å². The number of hydrogen-bond acceptors (Lipinski definition) is 12. The number of carboxylic acids is 3. The number of aliphatic carboxylic acids is 3. The van der Waals surface area contributed by atoms with Crippen molar-refractivity contribution >= 4 is 59.0 Å². The van der Waals surface area contributed by atoms with Gasteiger partial charge in [-0.2, -0.15) is 0 Å². The van der Waals surface area contributed by atoms with Gasteiger partial charge in [0.2, 0.25) is 17.7 Å². The van der Waals surface area contributed by atoms with Crippen molar-refractivity contribution in [3.8, 4) is 11.1 Å². The van der Waals surface area contributed by atoms with Gasteiger partial charge in [-0.15, -0.1) is 11.8 Å². The number of rotatable bonds is 29. The Hall–Kier alpha value is -6.03. The highest BCUT2D eigenvalue weighted by Crippen LogP contribution is 2.41. The number of aliphatic hydroxyl groups is 1. The van der Waals surface area contributed by atoms with Crippen molar-refractivity contribution in [1.29, 1.82) is 0 Å². The molecule has 0 unspecified atom stereocenters. The fraction of sp³-hybridized carbons (Fsp3) is 0.478. The minimum absolute atomic E-state index is 0.00831. The van der Waals surface area contributed by atoms with E-state index in [1.165, 1.54) is 4.90 Å². The quantitative estimate of drug-likeness (QED) is 0.0463. The first-order valence-electron chi connectivity index (χ1n) is 21.5. The van der Waals surface area contributed by atoms with E-state index < -0.39 is 126 Å². The molecule has 0 aliphatic carbocycles. The zero-order chi connectivity index (χ0) is 50.0. The number of carbonyl (C=O) groups is 8. The molecule has 0 saturated heterocycles. The number of aromatic nitrogens is 1. The predicted molar refractivity (Wildman–Crippen MR) is 243 cm³/mol. The van der Waals surface area contributed by atoms with Crippen LogP contribution in [0.1, 0.15) is 89.4 Å². The van der Waals surface area contributed by atoms with Gasteiger partial charge in [0.05, 0.1) is 29.8 Å². The van der Waals surface area contributed by atoms with Crippen molar-refractivity contribution in [3.05, 3.63) is 83.7 Å². The molecule has 0 spiro atoms. The maximum atomic E-state index is 15.1. The highest BCUT2D eigenvalue weighted by atomic mass is 32.2. The monoisotopic (exact) mass is 958 g/mol. The number of nitrogens with zero attached hydrogens (tertiary/aromatic N) is 2. The maximum Gasteiger partial charge on any atom is 0.321 e. The van der Waals surface area contributed by atoms with Crippen LogP contribution >= 0.6 is 11.8 Å². The number of amides is 3. The highest BCUT2D eigenvalue weighted by molar-refractivity contribution is 8.00. The summed E-state index contributed by atoms with van der Waals surface area (Å²) < 4.78 is 31.3. The normalized spacial score (nSPS) is 13.7. The molecule has 3 rings (SSSR count). The molecule has 21 heteroatoms. The zero-order valence-corrected chi connectivity index (χ0v) is 38.4. The summed E-state index contributed by atoms with van der Waals surface area (Å²) >= 11 is 0.730. The number of nitrogens with one attached hydrogen (secondary N) is 2. The molecule has 67 heavy (non-hydrogen) atoms. The number of thioether (sulfide) groups is 1. The second kappa shape index (κ2) is 26.3. The third-order valence-electron chi connectivity index (χ3n) is 10.6. The number of hydrogen-bond donors (Lipinski definition) is 8. The van der Waals surface area contributed by atoms with Gasteiger partial charge in [-0.3, -0.25) is 38.4 Å². The van der Waals surface area contributed by atoms with Crippen LogP contribution in [0.2, 0.25) is 0 Å². The van der Waals surface area contributed by atoms with Crippen LogP contribution in [0.15, 0.2) is 60.8 Å². The van der Waals surface area contributed by atoms with Gasteiger partial charge in [0.1, 0.15) is 30.1 Å². The minimum atomic E-state index is -1.35. The largest absolute Gasteiger partial charge is 0.481 e. The lowest BCUT2D eigenvalue weighted by Gasteiger charge is -2.41. The van der Waals surface area contributed by atoms with E-state index in [1.54, 1.807) is 12.3 Å². The lowest BCUT2D eigenvalue weighted by atomic mass is 9.82. The van der Waals surface area contributed by atoms with Crippen molar-refractivity contribution < 1.29 is 67.6 Å². The highest BCUT2D eigenvalue weighted by Gasteiger charge is 2.37. The molecule has 0 saturated carbocycles. The Morgan fingerprint density at radius 2 is 1.52 bits per heavy atom. The van der Waals surface area contributed by atoms with Crippen molar-refractivity contribution in [2.45, 2.75) is 108 Å². The Morgan fingerprint density at radius 3 is 2.13 bits per heavy atom. The molecule has 18 nitrogen and oxygen atoms in total. The summed E-state index contributed by atoms with van der Waals surface area (Å²) in [6.07, 6.45) is -0.906. The van der Waals surface area contributed by atoms with Crippen LogP contribution in [0, 0.1) is 17.0 Å². The van der Waals surface area contributed by atoms with Gasteiger partial charge in [-0.1, -0.05) is 51.1 Å². The number of benzene rings is 2. The zero-order valence-electron chi connectivity index (χ0n) is 37.6. The van der Waals surface area contributed by atoms with Gasteiger partial charge in [-0.05, 0) is 54.5 Å². The number of aliphatic hydroxyl groups excluding tert-OH is 1. The molecule has 3 amide bonds. The van der Waals surface area contributed by atoms with Crippen LogP contribution in [0.3, 0.4) is 0 Å². The van der Waals surface area contributed by atoms with Gasteiger partial charge in [0.15, 0.2) is 5.78 Å². The Labute approximate surface area is 390 Å². The minimum Gasteiger partial charge on any atom is -0.481 e. The summed E-state index contributed by atoms with van der Waals surface area (Å²) in [5.74, 6) is -8.78. The van der Waals surface area contributed by atoms with E-state index in [9.17, 15) is 58.1 Å². The summed E-state index contributed by atoms with van der Waals surface area (Å²) in [6, 6.07) is 9.56. The molecule has 5 atom stereocenters. The first kappa shape index (κ1) is 55.3. The average molecular weight is 959 g/mol. The number of carboxylic acid groups (broad SMARTS) is 3. The number of nitrogens with two attached hydrogens (primary N) is 2. The van der Waals surface area contributed by atoms with E-state index in [-0.39, 0.29) is 50.1 Å². The third kappa shape index (κ3) is 17.9. The van der Waals surface area contributed by atoms with Crippen LogP contribution in [-0.4, -0.2) is 126 Å². The molecule has 0 aliphatic heterocycles. The van der Waals surface area contributed by atoms with Gasteiger partial charge >= 0.3 is 17.9 Å². The number of carbonyl (C=O) groups excluding carboxylic acids is 5. The maximum absolute atomic E-state index is 15.1. The van der Waals surface area contributed by atoms with Gasteiger partial charge in [0, 0.05) is 74.1 Å². The lowest BCUT2D eigenvalue weighted by molar-refractivity contribution is -0.140. The smallest absolute Gasteiger partial charge is 0.321 e. The second-order valence-electron chi connectivity index (χ2n) is 17.0. The lowest BCUT2D eigenvalue weighted by Crippen LogP contribution is -2.47. The molecule has 0 aliphatic rings. The fourth-order valence-electron chi connectivity index (χ4n) is 7.25. The molecule has 0 fully saturated rings. The molecule has 2 aromatic carbocycles. The van der Waals surface area contributed by atoms with Crippen molar-refractivity contribution in [2.75, 3.05) is 25.4 Å². The number of halogens is 2. The third-order valence-corrected chi connectivity index (χ3v) is 12.0. The second-order valence-corrected chi connectivity index (χ2v) is 18.3. The average Bonchev–Trinajstić information content (AvgIpc) is 3.67. The first-order valence-corrected chi connectivity index (χ1v) is 22.6. The first-order chi connectivity index (χ1) is 31.5. The SMILES string of the molecule is CC(C)(C)[C@H](c1cc(-c2cc(F)ccc2F)cn1Cc1ccccc1)N(CC[C@H](N)C(=O)NCCCC(=O)[C@@H](CCC(=O)O)NC(=O)CCC(=O)[C@@H](CC(=O)O)SC[C@H](N)C(=O)O)C(=O)CO. The molecule has 1 aromatic heterocycles. The summed E-state index contributed by atoms with van der Waals surface area (Å²) in [4.78, 5) is 101. The summed E-state index contributed by atoms with van der Waals surface area (Å²) in [5, 5.41) is 41.4. The van der Waals surface area contributed by atoms with E-state index in [2.05, 4.69) is 10.6 Å².